The Bertz CT molecular complexity index is 873. The first-order valence-corrected chi connectivity index (χ1v) is 7.42. The van der Waals surface area contributed by atoms with Crippen molar-refractivity contribution in [1.29, 1.82) is 0 Å². The third-order valence-corrected chi connectivity index (χ3v) is 3.32. The van der Waals surface area contributed by atoms with E-state index < -0.39 is 5.97 Å². The molecule has 4 heteroatoms. The molecule has 0 unspecified atom stereocenters. The van der Waals surface area contributed by atoms with Gasteiger partial charge in [-0.15, -0.1) is 0 Å². The van der Waals surface area contributed by atoms with Crippen molar-refractivity contribution < 1.29 is 14.6 Å². The van der Waals surface area contributed by atoms with E-state index in [0.717, 1.165) is 11.3 Å². The maximum atomic E-state index is 11.2. The highest BCUT2D eigenvalue weighted by molar-refractivity contribution is 5.95. The van der Waals surface area contributed by atoms with Crippen molar-refractivity contribution in [1.82, 2.24) is 0 Å². The molecule has 1 N–H and O–H groups in total. The largest absolute Gasteiger partial charge is 0.478 e. The summed E-state index contributed by atoms with van der Waals surface area (Å²) in [5.74, 6) is 0.448. The maximum Gasteiger partial charge on any atom is 0.337 e. The molecule has 0 bridgehead atoms. The van der Waals surface area contributed by atoms with E-state index in [2.05, 4.69) is 4.99 Å². The Morgan fingerprint density at radius 1 is 0.875 bits per heavy atom. The molecule has 4 nitrogen and oxygen atoms in total. The minimum Gasteiger partial charge on any atom is -0.478 e. The zero-order chi connectivity index (χ0) is 16.8. The van der Waals surface area contributed by atoms with E-state index >= 15 is 0 Å². The fourth-order valence-corrected chi connectivity index (χ4v) is 2.19. The van der Waals surface area contributed by atoms with Crippen LogP contribution in [0.1, 0.15) is 15.9 Å². The summed E-state index contributed by atoms with van der Waals surface area (Å²) in [6.07, 6.45) is 1.62. The molecule has 24 heavy (non-hydrogen) atoms. The van der Waals surface area contributed by atoms with Crippen molar-refractivity contribution in [3.63, 3.8) is 0 Å². The zero-order valence-corrected chi connectivity index (χ0v) is 12.8. The van der Waals surface area contributed by atoms with Crippen LogP contribution in [0, 0.1) is 0 Å². The molecule has 0 radical (unpaired) electrons. The summed E-state index contributed by atoms with van der Waals surface area (Å²) in [6.45, 7) is 0. The third-order valence-electron chi connectivity index (χ3n) is 3.32. The summed E-state index contributed by atoms with van der Waals surface area (Å²) in [7, 11) is 0. The van der Waals surface area contributed by atoms with Crippen molar-refractivity contribution in [2.75, 3.05) is 0 Å². The van der Waals surface area contributed by atoms with E-state index in [1.165, 1.54) is 6.07 Å². The summed E-state index contributed by atoms with van der Waals surface area (Å²) < 4.78 is 5.78. The van der Waals surface area contributed by atoms with Crippen molar-refractivity contribution >= 4 is 17.9 Å². The highest BCUT2D eigenvalue weighted by Crippen LogP contribution is 2.22. The number of para-hydroxylation sites is 2. The van der Waals surface area contributed by atoms with Crippen molar-refractivity contribution in [3.05, 3.63) is 90.0 Å². The smallest absolute Gasteiger partial charge is 0.337 e. The van der Waals surface area contributed by atoms with Crippen LogP contribution in [-0.2, 0) is 0 Å². The van der Waals surface area contributed by atoms with Gasteiger partial charge in [-0.3, -0.25) is 4.99 Å². The molecule has 0 saturated carbocycles. The first-order valence-electron chi connectivity index (χ1n) is 7.42. The van der Waals surface area contributed by atoms with Crippen LogP contribution in [0.4, 0.5) is 5.69 Å². The lowest BCUT2D eigenvalue weighted by Crippen LogP contribution is -1.96. The molecule has 0 atom stereocenters. The third kappa shape index (κ3) is 3.87. The van der Waals surface area contributed by atoms with E-state index in [0.29, 0.717) is 11.4 Å². The van der Waals surface area contributed by atoms with E-state index in [4.69, 9.17) is 4.74 Å². The van der Waals surface area contributed by atoms with Gasteiger partial charge in [0.2, 0.25) is 0 Å². The van der Waals surface area contributed by atoms with Gasteiger partial charge in [-0.2, -0.15) is 0 Å². The predicted molar refractivity (Wildman–Crippen MR) is 93.6 cm³/mol. The molecule has 3 rings (SSSR count). The Morgan fingerprint density at radius 3 is 2.38 bits per heavy atom. The Morgan fingerprint density at radius 2 is 1.58 bits per heavy atom. The quantitative estimate of drug-likeness (QED) is 0.679. The number of nitrogens with zero attached hydrogens (tertiary/aromatic N) is 1. The van der Waals surface area contributed by atoms with Crippen LogP contribution in [0.15, 0.2) is 83.9 Å². The fourth-order valence-electron chi connectivity index (χ4n) is 2.19. The molecule has 0 spiro atoms. The molecule has 3 aromatic rings. The Balaban J connectivity index is 1.81. The SMILES string of the molecule is O=C(O)c1ccccc1N=Cc1cccc(Oc2ccccc2)c1. The lowest BCUT2D eigenvalue weighted by molar-refractivity contribution is 0.0698. The zero-order valence-electron chi connectivity index (χ0n) is 12.8. The topological polar surface area (TPSA) is 58.9 Å². The number of rotatable bonds is 5. The number of ether oxygens (including phenoxy) is 1. The highest BCUT2D eigenvalue weighted by Gasteiger charge is 2.07. The van der Waals surface area contributed by atoms with Gasteiger partial charge in [0, 0.05) is 6.21 Å². The lowest BCUT2D eigenvalue weighted by Gasteiger charge is -2.06. The van der Waals surface area contributed by atoms with Gasteiger partial charge in [-0.1, -0.05) is 42.5 Å². The van der Waals surface area contributed by atoms with Gasteiger partial charge in [0.05, 0.1) is 11.3 Å². The normalized spacial score (nSPS) is 10.7. The molecule has 0 aromatic heterocycles. The number of carbonyl (C=O) groups is 1. The number of hydrogen-bond donors (Lipinski definition) is 1. The van der Waals surface area contributed by atoms with Crippen LogP contribution in [0.2, 0.25) is 0 Å². The molecular formula is C20H15NO3. The second-order valence-electron chi connectivity index (χ2n) is 5.07. The number of aliphatic imine (C=N–C) groups is 1. The summed E-state index contributed by atoms with van der Waals surface area (Å²) in [5, 5.41) is 9.18. The van der Waals surface area contributed by atoms with Crippen LogP contribution in [0.25, 0.3) is 0 Å². The van der Waals surface area contributed by atoms with Crippen LogP contribution in [0.5, 0.6) is 11.5 Å². The van der Waals surface area contributed by atoms with Crippen LogP contribution < -0.4 is 4.74 Å². The first kappa shape index (κ1) is 15.5. The molecule has 118 valence electrons. The Hall–Kier alpha value is -3.40. The predicted octanol–water partition coefficient (Wildman–Crippen LogP) is 4.93. The molecule has 0 aliphatic rings. The standard InChI is InChI=1S/C20H15NO3/c22-20(23)18-11-4-5-12-19(18)21-14-15-7-6-10-17(13-15)24-16-8-2-1-3-9-16/h1-14H,(H,22,23). The van der Waals surface area contributed by atoms with E-state index in [-0.39, 0.29) is 5.56 Å². The number of carboxylic acid groups (broad SMARTS) is 1. The van der Waals surface area contributed by atoms with Crippen molar-refractivity contribution in [2.24, 2.45) is 4.99 Å². The van der Waals surface area contributed by atoms with Gasteiger partial charge in [-0.25, -0.2) is 4.79 Å². The number of hydrogen-bond acceptors (Lipinski definition) is 3. The van der Waals surface area contributed by atoms with Gasteiger partial charge in [-0.05, 0) is 42.0 Å². The molecule has 3 aromatic carbocycles. The molecule has 0 aliphatic heterocycles. The van der Waals surface area contributed by atoms with Gasteiger partial charge in [0.1, 0.15) is 11.5 Å². The maximum absolute atomic E-state index is 11.2. The van der Waals surface area contributed by atoms with Crippen molar-refractivity contribution in [3.8, 4) is 11.5 Å². The van der Waals surface area contributed by atoms with Crippen LogP contribution >= 0.6 is 0 Å². The second kappa shape index (κ2) is 7.24. The van der Waals surface area contributed by atoms with Gasteiger partial charge >= 0.3 is 5.97 Å². The van der Waals surface area contributed by atoms with Crippen LogP contribution in [0.3, 0.4) is 0 Å². The Kier molecular flexibility index (Phi) is 4.68. The average Bonchev–Trinajstić information content (AvgIpc) is 2.61. The molecule has 0 amide bonds. The molecular weight excluding hydrogens is 302 g/mol. The minimum atomic E-state index is -0.996. The van der Waals surface area contributed by atoms with Gasteiger partial charge < -0.3 is 9.84 Å². The summed E-state index contributed by atoms with van der Waals surface area (Å²) in [6, 6.07) is 23.6. The highest BCUT2D eigenvalue weighted by atomic mass is 16.5. The summed E-state index contributed by atoms with van der Waals surface area (Å²) in [4.78, 5) is 15.5. The summed E-state index contributed by atoms with van der Waals surface area (Å²) >= 11 is 0. The minimum absolute atomic E-state index is 0.172. The first-order chi connectivity index (χ1) is 11.7. The van der Waals surface area contributed by atoms with E-state index in [1.807, 2.05) is 54.6 Å². The monoisotopic (exact) mass is 317 g/mol. The molecule has 0 saturated heterocycles. The van der Waals surface area contributed by atoms with Gasteiger partial charge in [0.15, 0.2) is 0 Å². The van der Waals surface area contributed by atoms with E-state index in [1.54, 1.807) is 24.4 Å². The average molecular weight is 317 g/mol. The molecule has 0 heterocycles. The van der Waals surface area contributed by atoms with Crippen LogP contribution in [-0.4, -0.2) is 17.3 Å². The lowest BCUT2D eigenvalue weighted by atomic mass is 10.2. The second-order valence-corrected chi connectivity index (χ2v) is 5.07. The Labute approximate surface area is 139 Å². The summed E-state index contributed by atoms with van der Waals surface area (Å²) in [5.41, 5.74) is 1.41. The molecule has 0 fully saturated rings. The fraction of sp³-hybridized carbons (Fsp3) is 0. The number of aromatic carboxylic acids is 1. The molecule has 0 aliphatic carbocycles. The van der Waals surface area contributed by atoms with Crippen molar-refractivity contribution in [2.45, 2.75) is 0 Å². The number of benzene rings is 3. The van der Waals surface area contributed by atoms with E-state index in [9.17, 15) is 9.90 Å². The van der Waals surface area contributed by atoms with Gasteiger partial charge in [0.25, 0.3) is 0 Å². The number of carboxylic acids is 1.